The number of ether oxygens (including phenoxy) is 1. The Morgan fingerprint density at radius 1 is 1.31 bits per heavy atom. The maximum atomic E-state index is 5.62. The van der Waals surface area contributed by atoms with Crippen LogP contribution in [0, 0.1) is 5.92 Å². The van der Waals surface area contributed by atoms with Crippen LogP contribution in [0.1, 0.15) is 20.8 Å². The van der Waals surface area contributed by atoms with Gasteiger partial charge < -0.3 is 10.1 Å². The molecule has 1 aromatic carbocycles. The lowest BCUT2D eigenvalue weighted by Crippen LogP contribution is -2.33. The molecule has 0 heterocycles. The van der Waals surface area contributed by atoms with Crippen molar-refractivity contribution in [3.05, 3.63) is 28.7 Å². The maximum Gasteiger partial charge on any atom is 0.120 e. The highest BCUT2D eigenvalue weighted by atomic mass is 79.9. The zero-order valence-electron chi connectivity index (χ0n) is 10.2. The quantitative estimate of drug-likeness (QED) is 0.809. The van der Waals surface area contributed by atoms with Crippen LogP contribution in [0.2, 0.25) is 0 Å². The Morgan fingerprint density at radius 2 is 2.06 bits per heavy atom. The fourth-order valence-corrected chi connectivity index (χ4v) is 1.63. The van der Waals surface area contributed by atoms with Gasteiger partial charge in [0, 0.05) is 17.1 Å². The van der Waals surface area contributed by atoms with Crippen LogP contribution in [0.15, 0.2) is 28.7 Å². The zero-order valence-corrected chi connectivity index (χ0v) is 11.8. The normalized spacial score (nSPS) is 12.8. The topological polar surface area (TPSA) is 21.3 Å². The van der Waals surface area contributed by atoms with Crippen molar-refractivity contribution < 1.29 is 4.74 Å². The molecule has 3 heteroatoms. The molecule has 1 atom stereocenters. The highest BCUT2D eigenvalue weighted by Gasteiger charge is 2.04. The summed E-state index contributed by atoms with van der Waals surface area (Å²) >= 11 is 3.42. The average molecular weight is 286 g/mol. The Hall–Kier alpha value is -0.540. The fourth-order valence-electron chi connectivity index (χ4n) is 1.25. The Labute approximate surface area is 107 Å². The predicted molar refractivity (Wildman–Crippen MR) is 71.9 cm³/mol. The van der Waals surface area contributed by atoms with Crippen LogP contribution >= 0.6 is 15.9 Å². The summed E-state index contributed by atoms with van der Waals surface area (Å²) in [5.74, 6) is 1.57. The molecule has 0 amide bonds. The first-order valence-corrected chi connectivity index (χ1v) is 6.50. The fraction of sp³-hybridized carbons (Fsp3) is 0.538. The summed E-state index contributed by atoms with van der Waals surface area (Å²) in [5.41, 5.74) is 0. The third-order valence-electron chi connectivity index (χ3n) is 2.63. The number of hydrogen-bond acceptors (Lipinski definition) is 2. The highest BCUT2D eigenvalue weighted by molar-refractivity contribution is 9.10. The molecule has 1 rings (SSSR count). The SMILES string of the molecule is CC(C)C(C)NCCOc1cccc(Br)c1. The molecule has 0 fully saturated rings. The van der Waals surface area contributed by atoms with Crippen LogP contribution in [0.4, 0.5) is 0 Å². The van der Waals surface area contributed by atoms with Crippen LogP contribution in [0.25, 0.3) is 0 Å². The Kier molecular flexibility index (Phi) is 5.85. The van der Waals surface area contributed by atoms with E-state index >= 15 is 0 Å². The smallest absolute Gasteiger partial charge is 0.120 e. The van der Waals surface area contributed by atoms with Gasteiger partial charge in [-0.1, -0.05) is 35.8 Å². The van der Waals surface area contributed by atoms with Crippen molar-refractivity contribution in [2.24, 2.45) is 5.92 Å². The minimum atomic E-state index is 0.533. The molecule has 0 saturated carbocycles. The van der Waals surface area contributed by atoms with E-state index in [1.807, 2.05) is 24.3 Å². The van der Waals surface area contributed by atoms with E-state index in [9.17, 15) is 0 Å². The van der Waals surface area contributed by atoms with Gasteiger partial charge in [-0.3, -0.25) is 0 Å². The van der Waals surface area contributed by atoms with E-state index in [0.717, 1.165) is 16.8 Å². The van der Waals surface area contributed by atoms with Gasteiger partial charge in [-0.25, -0.2) is 0 Å². The van der Waals surface area contributed by atoms with Crippen molar-refractivity contribution in [3.63, 3.8) is 0 Å². The molecule has 1 aromatic rings. The Bertz CT molecular complexity index is 315. The van der Waals surface area contributed by atoms with E-state index in [4.69, 9.17) is 4.74 Å². The second-order valence-electron chi connectivity index (χ2n) is 4.29. The summed E-state index contributed by atoms with van der Waals surface area (Å²) in [6, 6.07) is 8.45. The molecule has 0 aromatic heterocycles. The minimum Gasteiger partial charge on any atom is -0.492 e. The van der Waals surface area contributed by atoms with Gasteiger partial charge in [0.15, 0.2) is 0 Å². The first kappa shape index (κ1) is 13.5. The Balaban J connectivity index is 2.21. The summed E-state index contributed by atoms with van der Waals surface area (Å²) < 4.78 is 6.67. The second-order valence-corrected chi connectivity index (χ2v) is 5.21. The van der Waals surface area contributed by atoms with Crippen molar-refractivity contribution in [2.75, 3.05) is 13.2 Å². The molecule has 16 heavy (non-hydrogen) atoms. The van der Waals surface area contributed by atoms with E-state index in [-0.39, 0.29) is 0 Å². The molecule has 1 unspecified atom stereocenters. The number of nitrogens with one attached hydrogen (secondary N) is 1. The van der Waals surface area contributed by atoms with E-state index in [2.05, 4.69) is 42.0 Å². The maximum absolute atomic E-state index is 5.62. The van der Waals surface area contributed by atoms with Gasteiger partial charge in [-0.15, -0.1) is 0 Å². The monoisotopic (exact) mass is 285 g/mol. The molecule has 0 aliphatic carbocycles. The molecule has 90 valence electrons. The van der Waals surface area contributed by atoms with Crippen LogP contribution in [0.3, 0.4) is 0 Å². The van der Waals surface area contributed by atoms with Gasteiger partial charge in [0.2, 0.25) is 0 Å². The summed E-state index contributed by atoms with van der Waals surface area (Å²) in [6.07, 6.45) is 0. The Morgan fingerprint density at radius 3 is 2.69 bits per heavy atom. The van der Waals surface area contributed by atoms with Gasteiger partial charge in [-0.2, -0.15) is 0 Å². The molecule has 2 nitrogen and oxygen atoms in total. The van der Waals surface area contributed by atoms with Crippen LogP contribution in [0.5, 0.6) is 5.75 Å². The molecule has 1 N–H and O–H groups in total. The standard InChI is InChI=1S/C13H20BrNO/c1-10(2)11(3)15-7-8-16-13-6-4-5-12(14)9-13/h4-6,9-11,15H,7-8H2,1-3H3. The molecule has 0 spiro atoms. The third kappa shape index (κ3) is 4.99. The van der Waals surface area contributed by atoms with E-state index < -0.39 is 0 Å². The van der Waals surface area contributed by atoms with Crippen molar-refractivity contribution in [2.45, 2.75) is 26.8 Å². The molecule has 0 aliphatic heterocycles. The van der Waals surface area contributed by atoms with Crippen molar-refractivity contribution in [1.29, 1.82) is 0 Å². The molecular formula is C13H20BrNO. The average Bonchev–Trinajstić information content (AvgIpc) is 2.24. The molecule has 0 saturated heterocycles. The lowest BCUT2D eigenvalue weighted by atomic mass is 10.1. The summed E-state index contributed by atoms with van der Waals surface area (Å²) in [7, 11) is 0. The van der Waals surface area contributed by atoms with E-state index in [1.165, 1.54) is 0 Å². The lowest BCUT2D eigenvalue weighted by molar-refractivity contribution is 0.297. The van der Waals surface area contributed by atoms with Gasteiger partial charge in [-0.05, 0) is 31.0 Å². The summed E-state index contributed by atoms with van der Waals surface area (Å²) in [4.78, 5) is 0. The molecule has 0 bridgehead atoms. The van der Waals surface area contributed by atoms with Crippen LogP contribution in [-0.2, 0) is 0 Å². The number of rotatable bonds is 6. The lowest BCUT2D eigenvalue weighted by Gasteiger charge is -2.17. The van der Waals surface area contributed by atoms with Gasteiger partial charge in [0.05, 0.1) is 0 Å². The van der Waals surface area contributed by atoms with Crippen LogP contribution in [-0.4, -0.2) is 19.2 Å². The molecular weight excluding hydrogens is 266 g/mol. The van der Waals surface area contributed by atoms with Crippen molar-refractivity contribution in [1.82, 2.24) is 5.32 Å². The number of hydrogen-bond donors (Lipinski definition) is 1. The minimum absolute atomic E-state index is 0.533. The van der Waals surface area contributed by atoms with E-state index in [0.29, 0.717) is 18.6 Å². The van der Waals surface area contributed by atoms with Gasteiger partial charge >= 0.3 is 0 Å². The number of halogens is 1. The summed E-state index contributed by atoms with van der Waals surface area (Å²) in [6.45, 7) is 8.21. The van der Waals surface area contributed by atoms with Crippen molar-refractivity contribution in [3.8, 4) is 5.75 Å². The first-order chi connectivity index (χ1) is 7.59. The number of benzene rings is 1. The zero-order chi connectivity index (χ0) is 12.0. The van der Waals surface area contributed by atoms with Gasteiger partial charge in [0.1, 0.15) is 12.4 Å². The summed E-state index contributed by atoms with van der Waals surface area (Å²) in [5, 5.41) is 3.43. The second kappa shape index (κ2) is 6.92. The highest BCUT2D eigenvalue weighted by Crippen LogP contribution is 2.17. The largest absolute Gasteiger partial charge is 0.492 e. The van der Waals surface area contributed by atoms with Crippen molar-refractivity contribution >= 4 is 15.9 Å². The van der Waals surface area contributed by atoms with Gasteiger partial charge in [0.25, 0.3) is 0 Å². The first-order valence-electron chi connectivity index (χ1n) is 5.71. The van der Waals surface area contributed by atoms with E-state index in [1.54, 1.807) is 0 Å². The van der Waals surface area contributed by atoms with Crippen LogP contribution < -0.4 is 10.1 Å². The predicted octanol–water partition coefficient (Wildman–Crippen LogP) is 3.46. The molecule has 0 radical (unpaired) electrons. The third-order valence-corrected chi connectivity index (χ3v) is 3.13. The molecule has 0 aliphatic rings.